The van der Waals surface area contributed by atoms with Crippen molar-refractivity contribution in [1.82, 2.24) is 20.2 Å². The zero-order valence-corrected chi connectivity index (χ0v) is 15.7. The quantitative estimate of drug-likeness (QED) is 0.498. The third-order valence-electron chi connectivity index (χ3n) is 4.02. The van der Waals surface area contributed by atoms with Gasteiger partial charge in [-0.05, 0) is 57.5 Å². The van der Waals surface area contributed by atoms with Crippen LogP contribution in [0.3, 0.4) is 0 Å². The molecule has 0 bridgehead atoms. The summed E-state index contributed by atoms with van der Waals surface area (Å²) in [4.78, 5) is 9.06. The zero-order valence-electron chi connectivity index (χ0n) is 14.9. The number of aryl methyl sites for hydroxylation is 2. The number of aromatic nitrogens is 4. The summed E-state index contributed by atoms with van der Waals surface area (Å²) in [6.45, 7) is 8.02. The first-order valence-corrected chi connectivity index (χ1v) is 8.82. The van der Waals surface area contributed by atoms with E-state index in [9.17, 15) is 0 Å². The van der Waals surface area contributed by atoms with Gasteiger partial charge in [0.15, 0.2) is 5.16 Å². The van der Waals surface area contributed by atoms with Crippen LogP contribution < -0.4 is 4.74 Å². The smallest absolute Gasteiger partial charge is 0.247 e. The number of hydrogen-bond acceptors (Lipinski definition) is 7. The van der Waals surface area contributed by atoms with E-state index in [2.05, 4.69) is 20.2 Å². The predicted octanol–water partition coefficient (Wildman–Crippen LogP) is 4.31. The molecular weight excluding hydrogens is 336 g/mol. The minimum atomic E-state index is -0.0407. The molecule has 1 aromatic carbocycles. The number of thioether (sulfide) groups is 1. The van der Waals surface area contributed by atoms with Crippen LogP contribution in [0.4, 0.5) is 0 Å². The molecule has 3 aromatic rings. The Morgan fingerprint density at radius 1 is 1.00 bits per heavy atom. The van der Waals surface area contributed by atoms with Gasteiger partial charge in [0, 0.05) is 17.0 Å². The van der Waals surface area contributed by atoms with E-state index in [4.69, 9.17) is 9.15 Å². The molecule has 2 heterocycles. The fraction of sp³-hybridized carbons (Fsp3) is 0.333. The molecule has 7 heteroatoms. The summed E-state index contributed by atoms with van der Waals surface area (Å²) in [6.07, 6.45) is 0. The first-order valence-electron chi connectivity index (χ1n) is 7.94. The standard InChI is InChI=1S/C18H20N4O2S/c1-10-11(2)19-18(20-12(10)3)25-13(4)16-21-22-17(24-16)14-6-8-15(23-5)9-7-14/h6-9,13H,1-5H3/t13-/m0/s1. The van der Waals surface area contributed by atoms with Crippen molar-refractivity contribution in [2.45, 2.75) is 38.1 Å². The molecule has 0 unspecified atom stereocenters. The summed E-state index contributed by atoms with van der Waals surface area (Å²) < 4.78 is 11.0. The molecule has 0 saturated carbocycles. The maximum atomic E-state index is 5.82. The Kier molecular flexibility index (Phi) is 5.03. The third-order valence-corrected chi connectivity index (χ3v) is 4.97. The zero-order chi connectivity index (χ0) is 18.0. The number of rotatable bonds is 5. The predicted molar refractivity (Wildman–Crippen MR) is 96.8 cm³/mol. The van der Waals surface area contributed by atoms with Gasteiger partial charge in [0.1, 0.15) is 5.75 Å². The van der Waals surface area contributed by atoms with Gasteiger partial charge in [0.05, 0.1) is 12.4 Å². The van der Waals surface area contributed by atoms with Crippen LogP contribution in [-0.4, -0.2) is 27.3 Å². The Morgan fingerprint density at radius 3 is 2.24 bits per heavy atom. The molecule has 1 atom stereocenters. The maximum Gasteiger partial charge on any atom is 0.247 e. The van der Waals surface area contributed by atoms with Crippen molar-refractivity contribution in [3.8, 4) is 17.2 Å². The second-order valence-electron chi connectivity index (χ2n) is 5.74. The number of ether oxygens (including phenoxy) is 1. The average Bonchev–Trinajstić information content (AvgIpc) is 3.10. The second kappa shape index (κ2) is 7.23. The summed E-state index contributed by atoms with van der Waals surface area (Å²) in [5, 5.41) is 8.99. The van der Waals surface area contributed by atoms with Gasteiger partial charge in [-0.1, -0.05) is 11.8 Å². The molecule has 0 radical (unpaired) electrons. The fourth-order valence-electron chi connectivity index (χ4n) is 2.25. The van der Waals surface area contributed by atoms with Gasteiger partial charge >= 0.3 is 0 Å². The number of benzene rings is 1. The molecule has 6 nitrogen and oxygen atoms in total. The van der Waals surface area contributed by atoms with E-state index in [-0.39, 0.29) is 5.25 Å². The summed E-state index contributed by atoms with van der Waals surface area (Å²) in [5.74, 6) is 1.83. The van der Waals surface area contributed by atoms with Crippen LogP contribution in [0.5, 0.6) is 5.75 Å². The molecule has 0 aliphatic heterocycles. The van der Waals surface area contributed by atoms with Crippen LogP contribution in [0, 0.1) is 20.8 Å². The van der Waals surface area contributed by atoms with Crippen LogP contribution in [0.2, 0.25) is 0 Å². The fourth-order valence-corrected chi connectivity index (χ4v) is 3.14. The average molecular weight is 356 g/mol. The van der Waals surface area contributed by atoms with Gasteiger partial charge in [0.25, 0.3) is 0 Å². The minimum absolute atomic E-state index is 0.0407. The molecule has 0 N–H and O–H groups in total. The maximum absolute atomic E-state index is 5.82. The van der Waals surface area contributed by atoms with E-state index in [1.807, 2.05) is 52.0 Å². The molecule has 0 spiro atoms. The highest BCUT2D eigenvalue weighted by Crippen LogP contribution is 2.34. The molecule has 3 rings (SSSR count). The Bertz CT molecular complexity index is 854. The van der Waals surface area contributed by atoms with Gasteiger partial charge in [-0.3, -0.25) is 0 Å². The largest absolute Gasteiger partial charge is 0.497 e. The van der Waals surface area contributed by atoms with E-state index < -0.39 is 0 Å². The highest BCUT2D eigenvalue weighted by molar-refractivity contribution is 7.99. The molecule has 130 valence electrons. The number of hydrogen-bond donors (Lipinski definition) is 0. The normalized spacial score (nSPS) is 12.2. The minimum Gasteiger partial charge on any atom is -0.497 e. The summed E-state index contributed by atoms with van der Waals surface area (Å²) in [6, 6.07) is 7.51. The van der Waals surface area contributed by atoms with Crippen molar-refractivity contribution in [3.63, 3.8) is 0 Å². The van der Waals surface area contributed by atoms with Crippen molar-refractivity contribution < 1.29 is 9.15 Å². The van der Waals surface area contributed by atoms with Gasteiger partial charge in [-0.25, -0.2) is 9.97 Å². The molecule has 0 amide bonds. The Hall–Kier alpha value is -2.41. The Balaban J connectivity index is 1.77. The van der Waals surface area contributed by atoms with Crippen LogP contribution in [-0.2, 0) is 0 Å². The van der Waals surface area contributed by atoms with E-state index >= 15 is 0 Å². The van der Waals surface area contributed by atoms with Gasteiger partial charge in [0.2, 0.25) is 11.8 Å². The third kappa shape index (κ3) is 3.82. The summed E-state index contributed by atoms with van der Waals surface area (Å²) in [5.41, 5.74) is 3.96. The molecule has 0 aliphatic carbocycles. The van der Waals surface area contributed by atoms with Crippen LogP contribution >= 0.6 is 11.8 Å². The van der Waals surface area contributed by atoms with Crippen LogP contribution in [0.1, 0.15) is 35.0 Å². The Labute approximate surface area is 151 Å². The summed E-state index contributed by atoms with van der Waals surface area (Å²) in [7, 11) is 1.63. The lowest BCUT2D eigenvalue weighted by Crippen LogP contribution is -1.99. The summed E-state index contributed by atoms with van der Waals surface area (Å²) >= 11 is 1.51. The van der Waals surface area contributed by atoms with Crippen molar-refractivity contribution in [3.05, 3.63) is 47.1 Å². The Morgan fingerprint density at radius 2 is 1.64 bits per heavy atom. The second-order valence-corrected chi connectivity index (χ2v) is 7.04. The molecule has 0 aliphatic rings. The van der Waals surface area contributed by atoms with Crippen molar-refractivity contribution in [1.29, 1.82) is 0 Å². The van der Waals surface area contributed by atoms with E-state index in [1.54, 1.807) is 7.11 Å². The highest BCUT2D eigenvalue weighted by atomic mass is 32.2. The van der Waals surface area contributed by atoms with Gasteiger partial charge < -0.3 is 9.15 Å². The van der Waals surface area contributed by atoms with Crippen molar-refractivity contribution >= 4 is 11.8 Å². The van der Waals surface area contributed by atoms with Gasteiger partial charge in [-0.15, -0.1) is 10.2 Å². The first-order chi connectivity index (χ1) is 12.0. The highest BCUT2D eigenvalue weighted by Gasteiger charge is 2.18. The molecule has 0 saturated heterocycles. The van der Waals surface area contributed by atoms with E-state index in [0.717, 1.165) is 33.4 Å². The van der Waals surface area contributed by atoms with Crippen molar-refractivity contribution in [2.24, 2.45) is 0 Å². The lowest BCUT2D eigenvalue weighted by molar-refractivity contribution is 0.415. The van der Waals surface area contributed by atoms with E-state index in [1.165, 1.54) is 11.8 Å². The number of methoxy groups -OCH3 is 1. The first kappa shape index (κ1) is 17.4. The van der Waals surface area contributed by atoms with Crippen LogP contribution in [0.15, 0.2) is 33.8 Å². The molecule has 25 heavy (non-hydrogen) atoms. The lowest BCUT2D eigenvalue weighted by atomic mass is 10.2. The molecule has 0 fully saturated rings. The van der Waals surface area contributed by atoms with Crippen molar-refractivity contribution in [2.75, 3.05) is 7.11 Å². The van der Waals surface area contributed by atoms with Gasteiger partial charge in [-0.2, -0.15) is 0 Å². The molecular formula is C18H20N4O2S. The van der Waals surface area contributed by atoms with Crippen LogP contribution in [0.25, 0.3) is 11.5 Å². The molecule has 2 aromatic heterocycles. The number of nitrogens with zero attached hydrogens (tertiary/aromatic N) is 4. The lowest BCUT2D eigenvalue weighted by Gasteiger charge is -2.09. The monoisotopic (exact) mass is 356 g/mol. The topological polar surface area (TPSA) is 73.9 Å². The SMILES string of the molecule is COc1ccc(-c2nnc([C@H](C)Sc3nc(C)c(C)c(C)n3)o2)cc1. The van der Waals surface area contributed by atoms with E-state index in [0.29, 0.717) is 11.8 Å².